The number of hydrogen-bond donors (Lipinski definition) is 1. The smallest absolute Gasteiger partial charge is 0.234 e. The highest BCUT2D eigenvalue weighted by atomic mass is 16.5. The fourth-order valence-electron chi connectivity index (χ4n) is 2.74. The van der Waals surface area contributed by atoms with Crippen molar-refractivity contribution in [2.24, 2.45) is 0 Å². The van der Waals surface area contributed by atoms with Crippen LogP contribution >= 0.6 is 0 Å². The van der Waals surface area contributed by atoms with Crippen LogP contribution < -0.4 is 10.1 Å². The summed E-state index contributed by atoms with van der Waals surface area (Å²) in [7, 11) is 1.61. The van der Waals surface area contributed by atoms with Gasteiger partial charge >= 0.3 is 0 Å². The van der Waals surface area contributed by atoms with Gasteiger partial charge < -0.3 is 15.0 Å². The number of amides is 2. The van der Waals surface area contributed by atoms with E-state index in [1.54, 1.807) is 7.11 Å². The molecule has 0 saturated carbocycles. The van der Waals surface area contributed by atoms with Crippen LogP contribution in [-0.2, 0) is 16.0 Å². The fourth-order valence-corrected chi connectivity index (χ4v) is 2.74. The minimum Gasteiger partial charge on any atom is -0.496 e. The van der Waals surface area contributed by atoms with E-state index in [1.807, 2.05) is 36.1 Å². The van der Waals surface area contributed by atoms with Crippen LogP contribution in [0.25, 0.3) is 0 Å². The number of ether oxygens (including phenoxy) is 1. The van der Waals surface area contributed by atoms with Gasteiger partial charge in [-0.15, -0.1) is 0 Å². The third kappa shape index (κ3) is 4.96. The molecule has 1 saturated heterocycles. The van der Waals surface area contributed by atoms with Crippen LogP contribution in [0.3, 0.4) is 0 Å². The van der Waals surface area contributed by atoms with E-state index in [-0.39, 0.29) is 11.8 Å². The number of para-hydroxylation sites is 1. The molecule has 2 amide bonds. The number of likely N-dealkylation sites (N-methyl/N-ethyl adjacent to an activating group) is 1. The van der Waals surface area contributed by atoms with Gasteiger partial charge in [-0.3, -0.25) is 14.5 Å². The van der Waals surface area contributed by atoms with Crippen molar-refractivity contribution in [3.05, 3.63) is 29.8 Å². The molecule has 2 rings (SSSR count). The van der Waals surface area contributed by atoms with Gasteiger partial charge in [-0.2, -0.15) is 0 Å². The van der Waals surface area contributed by atoms with Crippen molar-refractivity contribution in [2.45, 2.75) is 13.3 Å². The summed E-state index contributed by atoms with van der Waals surface area (Å²) in [6.07, 6.45) is 0.348. The quantitative estimate of drug-likeness (QED) is 0.830. The maximum atomic E-state index is 12.4. The third-order valence-electron chi connectivity index (χ3n) is 4.00. The molecule has 0 bridgehead atoms. The van der Waals surface area contributed by atoms with E-state index >= 15 is 0 Å². The molecule has 6 heteroatoms. The summed E-state index contributed by atoms with van der Waals surface area (Å²) in [6, 6.07) is 7.59. The van der Waals surface area contributed by atoms with Crippen molar-refractivity contribution in [1.82, 2.24) is 15.1 Å². The number of piperazine rings is 1. The highest BCUT2D eigenvalue weighted by Crippen LogP contribution is 2.18. The molecule has 0 aromatic heterocycles. The minimum atomic E-state index is 0.0429. The lowest BCUT2D eigenvalue weighted by atomic mass is 10.1. The molecule has 1 aromatic carbocycles. The number of methoxy groups -OCH3 is 1. The van der Waals surface area contributed by atoms with Crippen LogP contribution in [0, 0.1) is 0 Å². The van der Waals surface area contributed by atoms with Gasteiger partial charge in [0.2, 0.25) is 11.8 Å². The number of nitrogens with zero attached hydrogens (tertiary/aromatic N) is 2. The highest BCUT2D eigenvalue weighted by molar-refractivity contribution is 5.80. The molecular formula is C17H25N3O3. The zero-order chi connectivity index (χ0) is 16.7. The highest BCUT2D eigenvalue weighted by Gasteiger charge is 2.22. The van der Waals surface area contributed by atoms with E-state index in [2.05, 4.69) is 10.2 Å². The van der Waals surface area contributed by atoms with Gasteiger partial charge in [-0.05, 0) is 13.0 Å². The van der Waals surface area contributed by atoms with Gasteiger partial charge in [0.15, 0.2) is 0 Å². The molecule has 1 aliphatic rings. The van der Waals surface area contributed by atoms with Crippen LogP contribution in [0.4, 0.5) is 0 Å². The Labute approximate surface area is 137 Å². The minimum absolute atomic E-state index is 0.0429. The lowest BCUT2D eigenvalue weighted by Crippen LogP contribution is -2.51. The zero-order valence-electron chi connectivity index (χ0n) is 13.9. The Hall–Kier alpha value is -2.08. The number of carbonyl (C=O) groups is 2. The van der Waals surface area contributed by atoms with Crippen molar-refractivity contribution >= 4 is 11.8 Å². The van der Waals surface area contributed by atoms with Crippen molar-refractivity contribution in [3.63, 3.8) is 0 Å². The van der Waals surface area contributed by atoms with Crippen LogP contribution in [0.2, 0.25) is 0 Å². The average Bonchev–Trinajstić information content (AvgIpc) is 2.56. The summed E-state index contributed by atoms with van der Waals surface area (Å²) in [4.78, 5) is 28.0. The van der Waals surface area contributed by atoms with Crippen LogP contribution in [0.5, 0.6) is 5.75 Å². The van der Waals surface area contributed by atoms with Crippen LogP contribution in [0.15, 0.2) is 24.3 Å². The van der Waals surface area contributed by atoms with Crippen molar-refractivity contribution in [2.75, 3.05) is 46.4 Å². The molecule has 0 radical (unpaired) electrons. The van der Waals surface area contributed by atoms with Crippen molar-refractivity contribution in [3.8, 4) is 5.75 Å². The van der Waals surface area contributed by atoms with E-state index in [9.17, 15) is 9.59 Å². The maximum absolute atomic E-state index is 12.4. The Bertz CT molecular complexity index is 540. The van der Waals surface area contributed by atoms with Gasteiger partial charge in [0.25, 0.3) is 0 Å². The Morgan fingerprint density at radius 2 is 1.87 bits per heavy atom. The van der Waals surface area contributed by atoms with E-state index in [1.165, 1.54) is 0 Å². The second-order valence-electron chi connectivity index (χ2n) is 5.60. The Morgan fingerprint density at radius 3 is 2.52 bits per heavy atom. The Balaban J connectivity index is 1.83. The predicted octanol–water partition coefficient (Wildman–Crippen LogP) is 0.518. The third-order valence-corrected chi connectivity index (χ3v) is 4.00. The van der Waals surface area contributed by atoms with Gasteiger partial charge in [-0.25, -0.2) is 0 Å². The van der Waals surface area contributed by atoms with Gasteiger partial charge in [0.05, 0.1) is 20.1 Å². The molecule has 0 atom stereocenters. The zero-order valence-corrected chi connectivity index (χ0v) is 13.9. The Kier molecular flexibility index (Phi) is 6.40. The monoisotopic (exact) mass is 319 g/mol. The standard InChI is InChI=1S/C17H25N3O3/c1-3-18-16(21)13-19-8-10-20(11-9-19)17(22)12-14-6-4-5-7-15(14)23-2/h4-7H,3,8-13H2,1-2H3,(H,18,21). The molecule has 1 aromatic rings. The number of rotatable bonds is 6. The molecule has 0 unspecified atom stereocenters. The normalized spacial score (nSPS) is 15.3. The summed E-state index contributed by atoms with van der Waals surface area (Å²) in [5.74, 6) is 0.893. The number of carbonyl (C=O) groups excluding carboxylic acids is 2. The summed E-state index contributed by atoms with van der Waals surface area (Å²) in [6.45, 7) is 5.75. The molecule has 6 nitrogen and oxygen atoms in total. The van der Waals surface area contributed by atoms with Crippen LogP contribution in [0.1, 0.15) is 12.5 Å². The van der Waals surface area contributed by atoms with E-state index in [4.69, 9.17) is 4.74 Å². The number of benzene rings is 1. The SMILES string of the molecule is CCNC(=O)CN1CCN(C(=O)Cc2ccccc2OC)CC1. The first-order chi connectivity index (χ1) is 11.1. The van der Waals surface area contributed by atoms with Gasteiger partial charge in [-0.1, -0.05) is 18.2 Å². The van der Waals surface area contributed by atoms with Crippen molar-refractivity contribution in [1.29, 1.82) is 0 Å². The molecule has 1 heterocycles. The summed E-state index contributed by atoms with van der Waals surface area (Å²) in [5, 5.41) is 2.80. The molecule has 23 heavy (non-hydrogen) atoms. The van der Waals surface area contributed by atoms with Gasteiger partial charge in [0, 0.05) is 38.3 Å². The Morgan fingerprint density at radius 1 is 1.17 bits per heavy atom. The number of hydrogen-bond acceptors (Lipinski definition) is 4. The summed E-state index contributed by atoms with van der Waals surface area (Å²) >= 11 is 0. The molecule has 0 aliphatic carbocycles. The van der Waals surface area contributed by atoms with Crippen molar-refractivity contribution < 1.29 is 14.3 Å². The molecular weight excluding hydrogens is 294 g/mol. The lowest BCUT2D eigenvalue weighted by Gasteiger charge is -2.34. The first kappa shape index (κ1) is 17.3. The lowest BCUT2D eigenvalue weighted by molar-refractivity contribution is -0.132. The van der Waals surface area contributed by atoms with Gasteiger partial charge in [0.1, 0.15) is 5.75 Å². The van der Waals surface area contributed by atoms with E-state index < -0.39 is 0 Å². The molecule has 0 spiro atoms. The second-order valence-corrected chi connectivity index (χ2v) is 5.60. The molecule has 1 aliphatic heterocycles. The topological polar surface area (TPSA) is 61.9 Å². The maximum Gasteiger partial charge on any atom is 0.234 e. The van der Waals surface area contributed by atoms with E-state index in [0.29, 0.717) is 32.6 Å². The largest absolute Gasteiger partial charge is 0.496 e. The predicted molar refractivity (Wildman–Crippen MR) is 88.4 cm³/mol. The first-order valence-electron chi connectivity index (χ1n) is 8.02. The summed E-state index contributed by atoms with van der Waals surface area (Å²) in [5.41, 5.74) is 0.907. The fraction of sp³-hybridized carbons (Fsp3) is 0.529. The summed E-state index contributed by atoms with van der Waals surface area (Å²) < 4.78 is 5.29. The average molecular weight is 319 g/mol. The van der Waals surface area contributed by atoms with E-state index in [0.717, 1.165) is 24.4 Å². The van der Waals surface area contributed by atoms with Crippen LogP contribution in [-0.4, -0.2) is 68.0 Å². The molecule has 1 N–H and O–H groups in total. The molecule has 126 valence electrons. The second kappa shape index (κ2) is 8.53. The first-order valence-corrected chi connectivity index (χ1v) is 8.02. The number of nitrogens with one attached hydrogen (secondary N) is 1. The molecule has 1 fully saturated rings.